The van der Waals surface area contributed by atoms with Crippen LogP contribution in [0.1, 0.15) is 103 Å². The van der Waals surface area contributed by atoms with Gasteiger partial charge in [0.25, 0.3) is 0 Å². The molecule has 0 radical (unpaired) electrons. The molecule has 232 valence electrons. The van der Waals surface area contributed by atoms with E-state index in [1.807, 2.05) is 34.6 Å². The van der Waals surface area contributed by atoms with Gasteiger partial charge in [0.05, 0.1) is 13.2 Å². The predicted octanol–water partition coefficient (Wildman–Crippen LogP) is 7.26. The fourth-order valence-electron chi connectivity index (χ4n) is 4.71. The molecule has 1 aromatic rings. The second-order valence-electron chi connectivity index (χ2n) is 10.7. The molecule has 41 heavy (non-hydrogen) atoms. The van der Waals surface area contributed by atoms with Crippen LogP contribution in [-0.4, -0.2) is 62.0 Å². The van der Waals surface area contributed by atoms with Gasteiger partial charge < -0.3 is 18.8 Å². The number of methoxy groups -OCH3 is 1. The van der Waals surface area contributed by atoms with E-state index in [0.717, 1.165) is 18.1 Å². The third kappa shape index (κ3) is 10.4. The van der Waals surface area contributed by atoms with E-state index in [0.29, 0.717) is 24.3 Å². The van der Waals surface area contributed by atoms with E-state index >= 15 is 0 Å². The van der Waals surface area contributed by atoms with Gasteiger partial charge in [0, 0.05) is 22.8 Å². The first-order valence-electron chi connectivity index (χ1n) is 14.7. The highest BCUT2D eigenvalue weighted by atomic mass is 32.1. The Morgan fingerprint density at radius 2 is 1.76 bits per heavy atom. The summed E-state index contributed by atoms with van der Waals surface area (Å²) in [5.74, 6) is -1.60. The number of hydrogen-bond donors (Lipinski definition) is 0. The molecule has 0 fully saturated rings. The van der Waals surface area contributed by atoms with Crippen molar-refractivity contribution in [1.29, 1.82) is 0 Å². The summed E-state index contributed by atoms with van der Waals surface area (Å²) in [7, 11) is -0.850. The van der Waals surface area contributed by atoms with Crippen LogP contribution in [0.15, 0.2) is 10.5 Å². The largest absolute Gasteiger partial charge is 0.464 e. The fourth-order valence-corrected chi connectivity index (χ4v) is 8.43. The van der Waals surface area contributed by atoms with Crippen molar-refractivity contribution in [2.24, 2.45) is 17.0 Å². The summed E-state index contributed by atoms with van der Waals surface area (Å²) >= 11 is 1.33. The van der Waals surface area contributed by atoms with Crippen LogP contribution in [-0.2, 0) is 23.5 Å². The second kappa shape index (κ2) is 18.1. The number of hydrogen-bond acceptors (Lipinski definition) is 9. The van der Waals surface area contributed by atoms with Crippen LogP contribution >= 0.6 is 11.3 Å². The van der Waals surface area contributed by atoms with Crippen molar-refractivity contribution in [1.82, 2.24) is 9.88 Å². The maximum absolute atomic E-state index is 14.0. The minimum atomic E-state index is -2.16. The predicted molar refractivity (Wildman–Crippen MR) is 163 cm³/mol. The number of nitrogens with zero attached hydrogens (tertiary/aromatic N) is 5. The minimum Gasteiger partial charge on any atom is -0.464 e. The molecule has 0 spiro atoms. The zero-order valence-electron chi connectivity index (χ0n) is 26.2. The van der Waals surface area contributed by atoms with Gasteiger partial charge in [-0.25, -0.2) is 9.78 Å². The van der Waals surface area contributed by atoms with Gasteiger partial charge in [-0.05, 0) is 48.3 Å². The molecule has 0 N–H and O–H groups in total. The topological polar surface area (TPSA) is 144 Å². The van der Waals surface area contributed by atoms with Crippen molar-refractivity contribution in [3.8, 4) is 0 Å². The van der Waals surface area contributed by atoms with E-state index in [-0.39, 0.29) is 30.7 Å². The van der Waals surface area contributed by atoms with Crippen molar-refractivity contribution < 1.29 is 28.3 Å². The standard InChI is InChI=1S/C28H49N5O6SSi/c1-10-15-24(34)38-18-33(27(35)25(31-32-29)20(8)11-2)22(19(6)7)16-23(39-41(12-3,13-4)14-5)26-30-21(17-40-26)28(36)37-9/h17,19-20,22-23,25H,10-16,18H2,1-9H3/t20-,22+,23?,25-/m0/s1. The molecule has 1 rings (SSSR count). The van der Waals surface area contributed by atoms with Crippen molar-refractivity contribution in [3.05, 3.63) is 26.5 Å². The average Bonchev–Trinajstić information content (AvgIpc) is 3.46. The molecular weight excluding hydrogens is 562 g/mol. The lowest BCUT2D eigenvalue weighted by molar-refractivity contribution is -0.158. The smallest absolute Gasteiger partial charge is 0.357 e. The molecule has 1 aromatic heterocycles. The van der Waals surface area contributed by atoms with Gasteiger partial charge >= 0.3 is 11.9 Å². The number of azide groups is 1. The number of carbonyl (C=O) groups excluding carboxylic acids is 3. The van der Waals surface area contributed by atoms with Crippen LogP contribution in [0, 0.1) is 11.8 Å². The van der Waals surface area contributed by atoms with Gasteiger partial charge in [-0.2, -0.15) is 0 Å². The lowest BCUT2D eigenvalue weighted by Crippen LogP contribution is -2.51. The van der Waals surface area contributed by atoms with E-state index in [9.17, 15) is 19.9 Å². The molecule has 4 atom stereocenters. The third-order valence-electron chi connectivity index (χ3n) is 7.86. The summed E-state index contributed by atoms with van der Waals surface area (Å²) < 4.78 is 17.4. The second-order valence-corrected chi connectivity index (χ2v) is 16.3. The monoisotopic (exact) mass is 611 g/mol. The van der Waals surface area contributed by atoms with Crippen molar-refractivity contribution in [3.63, 3.8) is 0 Å². The number of amides is 1. The molecule has 11 nitrogen and oxygen atoms in total. The molecule has 0 saturated heterocycles. The first kappa shape index (κ1) is 36.6. The SMILES string of the molecule is CCCC(=O)OCN(C(=O)[C@@H](N=[N+]=[N-])[C@@H](C)CC)[C@H](CC(O[Si](CC)(CC)CC)c1nc(C(=O)OC)cs1)C(C)C. The van der Waals surface area contributed by atoms with Crippen molar-refractivity contribution >= 4 is 37.5 Å². The Bertz CT molecular complexity index is 1020. The lowest BCUT2D eigenvalue weighted by atomic mass is 9.93. The van der Waals surface area contributed by atoms with E-state index in [2.05, 4.69) is 35.8 Å². The number of thiazole rings is 1. The normalized spacial score (nSPS) is 14.5. The third-order valence-corrected chi connectivity index (χ3v) is 13.4. The van der Waals surface area contributed by atoms with E-state index < -0.39 is 44.4 Å². The number of ether oxygens (including phenoxy) is 2. The Hall–Kier alpha value is -2.47. The highest BCUT2D eigenvalue weighted by Crippen LogP contribution is 2.36. The Kier molecular flexibility index (Phi) is 16.2. The Morgan fingerprint density at radius 3 is 2.24 bits per heavy atom. The molecule has 13 heteroatoms. The minimum absolute atomic E-state index is 0.0699. The summed E-state index contributed by atoms with van der Waals surface area (Å²) in [5, 5.41) is 6.14. The van der Waals surface area contributed by atoms with Gasteiger partial charge in [0.1, 0.15) is 11.0 Å². The lowest BCUT2D eigenvalue weighted by Gasteiger charge is -2.40. The summed E-state index contributed by atoms with van der Waals surface area (Å²) in [4.78, 5) is 47.7. The van der Waals surface area contributed by atoms with E-state index in [1.165, 1.54) is 23.3 Å². The van der Waals surface area contributed by atoms with Crippen LogP contribution in [0.4, 0.5) is 0 Å². The molecule has 1 unspecified atom stereocenters. The van der Waals surface area contributed by atoms with E-state index in [1.54, 1.807) is 5.38 Å². The molecular formula is C28H49N5O6SSi. The molecule has 1 amide bonds. The first-order valence-corrected chi connectivity index (χ1v) is 18.1. The molecule has 0 aliphatic carbocycles. The van der Waals surface area contributed by atoms with Gasteiger partial charge in [-0.15, -0.1) is 11.3 Å². The van der Waals surface area contributed by atoms with Gasteiger partial charge in [0.15, 0.2) is 20.7 Å². The molecule has 0 saturated carbocycles. The van der Waals surface area contributed by atoms with Gasteiger partial charge in [0.2, 0.25) is 5.91 Å². The molecule has 0 aliphatic rings. The maximum Gasteiger partial charge on any atom is 0.357 e. The Balaban J connectivity index is 3.65. The van der Waals surface area contributed by atoms with Gasteiger partial charge in [-0.3, -0.25) is 9.59 Å². The van der Waals surface area contributed by atoms with Gasteiger partial charge in [-0.1, -0.05) is 66.9 Å². The molecule has 0 aromatic carbocycles. The number of esters is 2. The van der Waals surface area contributed by atoms with Crippen molar-refractivity contribution in [2.45, 2.75) is 117 Å². The zero-order chi connectivity index (χ0) is 31.2. The number of rotatable bonds is 19. The first-order chi connectivity index (χ1) is 19.5. The van der Waals surface area contributed by atoms with Crippen molar-refractivity contribution in [2.75, 3.05) is 13.8 Å². The summed E-state index contributed by atoms with van der Waals surface area (Å²) in [6, 6.07) is 1.33. The van der Waals surface area contributed by atoms with Crippen LogP contribution in [0.3, 0.4) is 0 Å². The van der Waals surface area contributed by atoms with Crippen LogP contribution in [0.25, 0.3) is 10.4 Å². The summed E-state index contributed by atoms with van der Waals surface area (Å²) in [5.41, 5.74) is 9.47. The summed E-state index contributed by atoms with van der Waals surface area (Å²) in [6.45, 7) is 15.8. The van der Waals surface area contributed by atoms with Crippen LogP contribution in [0.2, 0.25) is 18.1 Å². The number of aromatic nitrogens is 1. The van der Waals surface area contributed by atoms with Crippen LogP contribution < -0.4 is 0 Å². The highest BCUT2D eigenvalue weighted by molar-refractivity contribution is 7.09. The molecule has 1 heterocycles. The summed E-state index contributed by atoms with van der Waals surface area (Å²) in [6.07, 6.45) is 1.35. The Labute approximate surface area is 250 Å². The fraction of sp³-hybridized carbons (Fsp3) is 0.786. The van der Waals surface area contributed by atoms with E-state index in [4.69, 9.17) is 13.9 Å². The molecule has 0 aliphatic heterocycles. The van der Waals surface area contributed by atoms with Crippen LogP contribution in [0.5, 0.6) is 0 Å². The quantitative estimate of drug-likeness (QED) is 0.0400. The zero-order valence-corrected chi connectivity index (χ0v) is 28.0. The molecule has 0 bridgehead atoms. The highest BCUT2D eigenvalue weighted by Gasteiger charge is 2.39. The Morgan fingerprint density at radius 1 is 1.12 bits per heavy atom. The average molecular weight is 612 g/mol. The number of carbonyl (C=O) groups is 3. The maximum atomic E-state index is 14.0.